The van der Waals surface area contributed by atoms with Crippen molar-refractivity contribution in [1.29, 1.82) is 0 Å². The fraction of sp³-hybridized carbons (Fsp3) is 0.176. The number of carbonyl (C=O) groups excluding carboxylic acids is 2. The molecule has 2 aromatic rings. The second kappa shape index (κ2) is 7.31. The molecule has 0 unspecified atom stereocenters. The summed E-state index contributed by atoms with van der Waals surface area (Å²) in [6.07, 6.45) is 0.644. The molecule has 0 aliphatic heterocycles. The first-order chi connectivity index (χ1) is 11.0. The number of carbonyl (C=O) groups is 2. The van der Waals surface area contributed by atoms with Crippen LogP contribution in [0.1, 0.15) is 34.1 Å². The van der Waals surface area contributed by atoms with Gasteiger partial charge in [0.05, 0.1) is 17.7 Å². The van der Waals surface area contributed by atoms with Crippen molar-refractivity contribution in [2.24, 2.45) is 0 Å². The van der Waals surface area contributed by atoms with Gasteiger partial charge in [0.1, 0.15) is 0 Å². The number of phenols is 2. The minimum atomic E-state index is -0.723. The molecule has 2 rings (SSSR count). The summed E-state index contributed by atoms with van der Waals surface area (Å²) >= 11 is 0. The number of hydrogen-bond acceptors (Lipinski definition) is 6. The smallest absolute Gasteiger partial charge is 0.343 e. The highest BCUT2D eigenvalue weighted by Gasteiger charge is 2.19. The van der Waals surface area contributed by atoms with Crippen LogP contribution in [0, 0.1) is 0 Å². The third-order valence-corrected chi connectivity index (χ3v) is 2.94. The Morgan fingerprint density at radius 3 is 2.35 bits per heavy atom. The highest BCUT2D eigenvalue weighted by molar-refractivity contribution is 5.93. The van der Waals surface area contributed by atoms with Crippen LogP contribution in [0.2, 0.25) is 0 Å². The number of ether oxygens (including phenoxy) is 2. The third kappa shape index (κ3) is 4.00. The van der Waals surface area contributed by atoms with E-state index in [1.54, 1.807) is 30.3 Å². The quantitative estimate of drug-likeness (QED) is 0.500. The summed E-state index contributed by atoms with van der Waals surface area (Å²) in [4.78, 5) is 23.8. The maximum atomic E-state index is 12.0. The molecule has 0 aliphatic rings. The summed E-state index contributed by atoms with van der Waals surface area (Å²) in [6, 6.07) is 10.3. The van der Waals surface area contributed by atoms with E-state index >= 15 is 0 Å². The average molecular weight is 316 g/mol. The lowest BCUT2D eigenvalue weighted by Crippen LogP contribution is -2.10. The van der Waals surface area contributed by atoms with Gasteiger partial charge < -0.3 is 19.7 Å². The SMILES string of the molecule is CCCOC(=O)c1cc(O)c(O)c(OC(=O)c2ccccc2)c1. The summed E-state index contributed by atoms with van der Waals surface area (Å²) in [5.41, 5.74) is 0.245. The van der Waals surface area contributed by atoms with Crippen molar-refractivity contribution in [3.63, 3.8) is 0 Å². The first-order valence-electron chi connectivity index (χ1n) is 7.03. The number of hydrogen-bond donors (Lipinski definition) is 2. The molecular formula is C17H16O6. The van der Waals surface area contributed by atoms with Gasteiger partial charge in [-0.15, -0.1) is 0 Å². The Morgan fingerprint density at radius 2 is 1.70 bits per heavy atom. The summed E-state index contributed by atoms with van der Waals surface area (Å²) < 4.78 is 10.00. The zero-order chi connectivity index (χ0) is 16.8. The molecule has 0 heterocycles. The van der Waals surface area contributed by atoms with Crippen molar-refractivity contribution < 1.29 is 29.3 Å². The average Bonchev–Trinajstić information content (AvgIpc) is 2.57. The standard InChI is InChI=1S/C17H16O6/c1-2-8-22-16(20)12-9-13(18)15(19)14(10-12)23-17(21)11-6-4-3-5-7-11/h3-7,9-10,18-19H,2,8H2,1H3. The van der Waals surface area contributed by atoms with Crippen LogP contribution in [-0.2, 0) is 4.74 Å². The fourth-order valence-corrected chi connectivity index (χ4v) is 1.80. The topological polar surface area (TPSA) is 93.1 Å². The maximum absolute atomic E-state index is 12.0. The first-order valence-corrected chi connectivity index (χ1v) is 7.03. The molecule has 0 spiro atoms. The Hall–Kier alpha value is -3.02. The number of phenolic OH excluding ortho intramolecular Hbond substituents is 2. The van der Waals surface area contributed by atoms with Gasteiger partial charge in [-0.05, 0) is 30.7 Å². The third-order valence-electron chi connectivity index (χ3n) is 2.94. The highest BCUT2D eigenvalue weighted by atomic mass is 16.5. The van der Waals surface area contributed by atoms with E-state index in [0.717, 1.165) is 12.1 Å². The van der Waals surface area contributed by atoms with Gasteiger partial charge in [0.25, 0.3) is 0 Å². The Balaban J connectivity index is 2.26. The Morgan fingerprint density at radius 1 is 1.00 bits per heavy atom. The van der Waals surface area contributed by atoms with Crippen molar-refractivity contribution in [1.82, 2.24) is 0 Å². The van der Waals surface area contributed by atoms with E-state index in [4.69, 9.17) is 9.47 Å². The zero-order valence-electron chi connectivity index (χ0n) is 12.5. The van der Waals surface area contributed by atoms with E-state index in [2.05, 4.69) is 0 Å². The van der Waals surface area contributed by atoms with Gasteiger partial charge in [-0.2, -0.15) is 0 Å². The first kappa shape index (κ1) is 16.4. The number of benzene rings is 2. The van der Waals surface area contributed by atoms with Crippen LogP contribution in [0.4, 0.5) is 0 Å². The maximum Gasteiger partial charge on any atom is 0.343 e. The molecule has 23 heavy (non-hydrogen) atoms. The van der Waals surface area contributed by atoms with Crippen molar-refractivity contribution in [3.8, 4) is 17.2 Å². The lowest BCUT2D eigenvalue weighted by Gasteiger charge is -2.10. The molecule has 0 saturated heterocycles. The van der Waals surface area contributed by atoms with Crippen LogP contribution in [-0.4, -0.2) is 28.8 Å². The Labute approximate surface area is 132 Å². The number of rotatable bonds is 5. The minimum Gasteiger partial charge on any atom is -0.504 e. The van der Waals surface area contributed by atoms with Gasteiger partial charge in [0.2, 0.25) is 5.75 Å². The van der Waals surface area contributed by atoms with Gasteiger partial charge in [0.15, 0.2) is 11.5 Å². The van der Waals surface area contributed by atoms with Crippen LogP contribution < -0.4 is 4.74 Å². The van der Waals surface area contributed by atoms with E-state index in [1.165, 1.54) is 0 Å². The zero-order valence-corrected chi connectivity index (χ0v) is 12.5. The van der Waals surface area contributed by atoms with E-state index in [9.17, 15) is 19.8 Å². The second-order valence-electron chi connectivity index (χ2n) is 4.73. The van der Waals surface area contributed by atoms with Crippen LogP contribution in [0.25, 0.3) is 0 Å². The normalized spacial score (nSPS) is 10.1. The Kier molecular flexibility index (Phi) is 5.19. The van der Waals surface area contributed by atoms with Crippen LogP contribution in [0.5, 0.6) is 17.2 Å². The van der Waals surface area contributed by atoms with Gasteiger partial charge in [-0.1, -0.05) is 25.1 Å². The molecule has 0 amide bonds. The monoisotopic (exact) mass is 316 g/mol. The molecule has 0 aliphatic carbocycles. The Bertz CT molecular complexity index is 709. The van der Waals surface area contributed by atoms with Crippen molar-refractivity contribution >= 4 is 11.9 Å². The van der Waals surface area contributed by atoms with Gasteiger partial charge in [-0.25, -0.2) is 9.59 Å². The molecule has 0 bridgehead atoms. The van der Waals surface area contributed by atoms with Crippen molar-refractivity contribution in [2.75, 3.05) is 6.61 Å². The second-order valence-corrected chi connectivity index (χ2v) is 4.73. The number of aromatic hydroxyl groups is 2. The van der Waals surface area contributed by atoms with E-state index in [-0.39, 0.29) is 23.5 Å². The summed E-state index contributed by atoms with van der Waals surface area (Å²) in [7, 11) is 0. The molecule has 2 aromatic carbocycles. The molecule has 0 radical (unpaired) electrons. The van der Waals surface area contributed by atoms with Crippen molar-refractivity contribution in [3.05, 3.63) is 53.6 Å². The molecule has 6 heteroatoms. The molecule has 120 valence electrons. The van der Waals surface area contributed by atoms with Crippen LogP contribution in [0.15, 0.2) is 42.5 Å². The molecule has 2 N–H and O–H groups in total. The van der Waals surface area contributed by atoms with Gasteiger partial charge >= 0.3 is 11.9 Å². The van der Waals surface area contributed by atoms with Gasteiger partial charge in [0, 0.05) is 0 Å². The predicted molar refractivity (Wildman–Crippen MR) is 81.7 cm³/mol. The fourth-order valence-electron chi connectivity index (χ4n) is 1.80. The molecule has 0 aromatic heterocycles. The summed E-state index contributed by atoms with van der Waals surface area (Å²) in [5.74, 6) is -2.92. The van der Waals surface area contributed by atoms with Crippen LogP contribution >= 0.6 is 0 Å². The van der Waals surface area contributed by atoms with Crippen molar-refractivity contribution in [2.45, 2.75) is 13.3 Å². The van der Waals surface area contributed by atoms with E-state index < -0.39 is 23.4 Å². The largest absolute Gasteiger partial charge is 0.504 e. The lowest BCUT2D eigenvalue weighted by atomic mass is 10.2. The molecule has 6 nitrogen and oxygen atoms in total. The van der Waals surface area contributed by atoms with E-state index in [1.807, 2.05) is 6.92 Å². The lowest BCUT2D eigenvalue weighted by molar-refractivity contribution is 0.0502. The molecular weight excluding hydrogens is 300 g/mol. The summed E-state index contributed by atoms with van der Waals surface area (Å²) in [6.45, 7) is 2.06. The number of esters is 2. The van der Waals surface area contributed by atoms with Gasteiger partial charge in [-0.3, -0.25) is 0 Å². The molecule has 0 atom stereocenters. The molecule has 0 saturated carbocycles. The molecule has 0 fully saturated rings. The van der Waals surface area contributed by atoms with E-state index in [0.29, 0.717) is 6.42 Å². The highest BCUT2D eigenvalue weighted by Crippen LogP contribution is 2.37. The van der Waals surface area contributed by atoms with Crippen LogP contribution in [0.3, 0.4) is 0 Å². The predicted octanol–water partition coefficient (Wildman–Crippen LogP) is 2.88. The minimum absolute atomic E-state index is 0.0235. The summed E-state index contributed by atoms with van der Waals surface area (Å²) in [5, 5.41) is 19.5.